The summed E-state index contributed by atoms with van der Waals surface area (Å²) in [5.74, 6) is -0.747. The van der Waals surface area contributed by atoms with Gasteiger partial charge in [-0.1, -0.05) is 29.8 Å². The van der Waals surface area contributed by atoms with Crippen molar-refractivity contribution in [2.45, 2.75) is 39.2 Å². The third-order valence-electron chi connectivity index (χ3n) is 2.78. The van der Waals surface area contributed by atoms with E-state index in [4.69, 9.17) is 5.11 Å². The van der Waals surface area contributed by atoms with Crippen molar-refractivity contribution in [2.75, 3.05) is 6.54 Å². The SMILES string of the molecule is Cc1cccc(CCC(C)NCCC(=O)O)c1. The lowest BCUT2D eigenvalue weighted by Gasteiger charge is -2.13. The third kappa shape index (κ3) is 6.07. The smallest absolute Gasteiger partial charge is 0.304 e. The quantitative estimate of drug-likeness (QED) is 0.763. The summed E-state index contributed by atoms with van der Waals surface area (Å²) in [6, 6.07) is 8.86. The molecule has 3 heteroatoms. The Labute approximate surface area is 103 Å². The molecule has 1 aromatic carbocycles. The molecule has 0 aliphatic heterocycles. The summed E-state index contributed by atoms with van der Waals surface area (Å²) in [6.45, 7) is 4.74. The summed E-state index contributed by atoms with van der Waals surface area (Å²) >= 11 is 0. The molecule has 0 heterocycles. The maximum atomic E-state index is 10.4. The number of rotatable bonds is 7. The molecule has 1 rings (SSSR count). The fourth-order valence-corrected chi connectivity index (χ4v) is 1.78. The Kier molecular flexibility index (Phi) is 5.70. The molecule has 0 aliphatic rings. The van der Waals surface area contributed by atoms with Crippen molar-refractivity contribution in [3.63, 3.8) is 0 Å². The lowest BCUT2D eigenvalue weighted by atomic mass is 10.0. The van der Waals surface area contributed by atoms with Gasteiger partial charge >= 0.3 is 5.97 Å². The third-order valence-corrected chi connectivity index (χ3v) is 2.78. The second-order valence-corrected chi connectivity index (χ2v) is 4.53. The highest BCUT2D eigenvalue weighted by molar-refractivity contribution is 5.66. The minimum Gasteiger partial charge on any atom is -0.481 e. The molecule has 3 nitrogen and oxygen atoms in total. The first-order valence-corrected chi connectivity index (χ1v) is 6.08. The minimum absolute atomic E-state index is 0.189. The first-order chi connectivity index (χ1) is 8.08. The van der Waals surface area contributed by atoms with E-state index in [-0.39, 0.29) is 6.42 Å². The fraction of sp³-hybridized carbons (Fsp3) is 0.500. The summed E-state index contributed by atoms with van der Waals surface area (Å²) in [4.78, 5) is 10.4. The highest BCUT2D eigenvalue weighted by Crippen LogP contribution is 2.07. The number of carboxylic acid groups (broad SMARTS) is 1. The van der Waals surface area contributed by atoms with Crippen molar-refractivity contribution in [1.82, 2.24) is 5.32 Å². The van der Waals surface area contributed by atoms with Gasteiger partial charge < -0.3 is 10.4 Å². The Hall–Kier alpha value is -1.35. The Morgan fingerprint density at radius 1 is 1.47 bits per heavy atom. The molecule has 0 bridgehead atoms. The first-order valence-electron chi connectivity index (χ1n) is 6.08. The van der Waals surface area contributed by atoms with E-state index in [2.05, 4.69) is 43.4 Å². The molecule has 1 unspecified atom stereocenters. The Balaban J connectivity index is 2.23. The van der Waals surface area contributed by atoms with Crippen LogP contribution in [0, 0.1) is 6.92 Å². The molecule has 2 N–H and O–H groups in total. The van der Waals surface area contributed by atoms with E-state index in [9.17, 15) is 4.79 Å². The topological polar surface area (TPSA) is 49.3 Å². The molecular formula is C14H21NO2. The predicted molar refractivity (Wildman–Crippen MR) is 69.2 cm³/mol. The maximum absolute atomic E-state index is 10.4. The van der Waals surface area contributed by atoms with Crippen LogP contribution in [0.2, 0.25) is 0 Å². The van der Waals surface area contributed by atoms with Crippen LogP contribution in [-0.4, -0.2) is 23.7 Å². The van der Waals surface area contributed by atoms with E-state index < -0.39 is 5.97 Å². The number of carboxylic acids is 1. The molecule has 0 aromatic heterocycles. The van der Waals surface area contributed by atoms with Crippen molar-refractivity contribution >= 4 is 5.97 Å². The van der Waals surface area contributed by atoms with Crippen LogP contribution in [0.5, 0.6) is 0 Å². The van der Waals surface area contributed by atoms with Crippen LogP contribution >= 0.6 is 0 Å². The van der Waals surface area contributed by atoms with Gasteiger partial charge in [-0.3, -0.25) is 4.79 Å². The van der Waals surface area contributed by atoms with E-state index in [1.807, 2.05) is 0 Å². The van der Waals surface area contributed by atoms with Gasteiger partial charge in [0.2, 0.25) is 0 Å². The van der Waals surface area contributed by atoms with Crippen LogP contribution in [0.1, 0.15) is 30.9 Å². The molecule has 0 fully saturated rings. The Morgan fingerprint density at radius 3 is 2.88 bits per heavy atom. The number of nitrogens with one attached hydrogen (secondary N) is 1. The molecule has 0 spiro atoms. The number of hydrogen-bond donors (Lipinski definition) is 2. The zero-order valence-corrected chi connectivity index (χ0v) is 10.6. The highest BCUT2D eigenvalue weighted by Gasteiger charge is 2.03. The molecule has 0 aliphatic carbocycles. The highest BCUT2D eigenvalue weighted by atomic mass is 16.4. The standard InChI is InChI=1S/C14H21NO2/c1-11-4-3-5-13(10-11)7-6-12(2)15-9-8-14(16)17/h3-5,10,12,15H,6-9H2,1-2H3,(H,16,17). The van der Waals surface area contributed by atoms with Crippen LogP contribution in [-0.2, 0) is 11.2 Å². The van der Waals surface area contributed by atoms with E-state index in [1.165, 1.54) is 11.1 Å². The van der Waals surface area contributed by atoms with Crippen LogP contribution < -0.4 is 5.32 Å². The van der Waals surface area contributed by atoms with Gasteiger partial charge in [-0.25, -0.2) is 0 Å². The molecular weight excluding hydrogens is 214 g/mol. The zero-order chi connectivity index (χ0) is 12.7. The molecule has 1 atom stereocenters. The van der Waals surface area contributed by atoms with Gasteiger partial charge in [0, 0.05) is 12.6 Å². The second kappa shape index (κ2) is 7.07. The summed E-state index contributed by atoms with van der Waals surface area (Å²) < 4.78 is 0. The maximum Gasteiger partial charge on any atom is 0.304 e. The van der Waals surface area contributed by atoms with Gasteiger partial charge in [0.25, 0.3) is 0 Å². The average molecular weight is 235 g/mol. The number of aliphatic carboxylic acids is 1. The van der Waals surface area contributed by atoms with Crippen LogP contribution in [0.25, 0.3) is 0 Å². The summed E-state index contributed by atoms with van der Waals surface area (Å²) in [5, 5.41) is 11.7. The monoisotopic (exact) mass is 235 g/mol. The van der Waals surface area contributed by atoms with Crippen molar-refractivity contribution in [1.29, 1.82) is 0 Å². The normalized spacial score (nSPS) is 12.4. The first kappa shape index (κ1) is 13.7. The van der Waals surface area contributed by atoms with Gasteiger partial charge in [0.15, 0.2) is 0 Å². The van der Waals surface area contributed by atoms with Crippen molar-refractivity contribution in [3.05, 3.63) is 35.4 Å². The van der Waals surface area contributed by atoms with E-state index >= 15 is 0 Å². The van der Waals surface area contributed by atoms with E-state index in [1.54, 1.807) is 0 Å². The molecule has 94 valence electrons. The number of hydrogen-bond acceptors (Lipinski definition) is 2. The molecule has 1 aromatic rings. The Bertz CT molecular complexity index is 363. The summed E-state index contributed by atoms with van der Waals surface area (Å²) in [7, 11) is 0. The molecule has 0 saturated carbocycles. The van der Waals surface area contributed by atoms with Crippen molar-refractivity contribution in [2.24, 2.45) is 0 Å². The van der Waals surface area contributed by atoms with Gasteiger partial charge in [-0.15, -0.1) is 0 Å². The van der Waals surface area contributed by atoms with Crippen LogP contribution in [0.4, 0.5) is 0 Å². The number of carbonyl (C=O) groups is 1. The average Bonchev–Trinajstić information content (AvgIpc) is 2.26. The zero-order valence-electron chi connectivity index (χ0n) is 10.6. The molecule has 17 heavy (non-hydrogen) atoms. The molecule has 0 saturated heterocycles. The van der Waals surface area contributed by atoms with Gasteiger partial charge in [-0.05, 0) is 32.3 Å². The summed E-state index contributed by atoms with van der Waals surface area (Å²) in [6.07, 6.45) is 2.25. The lowest BCUT2D eigenvalue weighted by Crippen LogP contribution is -2.28. The van der Waals surface area contributed by atoms with Gasteiger partial charge in [0.05, 0.1) is 6.42 Å². The van der Waals surface area contributed by atoms with Crippen LogP contribution in [0.15, 0.2) is 24.3 Å². The molecule has 0 amide bonds. The van der Waals surface area contributed by atoms with E-state index in [0.29, 0.717) is 12.6 Å². The number of benzene rings is 1. The number of aryl methyl sites for hydroxylation is 2. The summed E-state index contributed by atoms with van der Waals surface area (Å²) in [5.41, 5.74) is 2.63. The second-order valence-electron chi connectivity index (χ2n) is 4.53. The Morgan fingerprint density at radius 2 is 2.24 bits per heavy atom. The van der Waals surface area contributed by atoms with Gasteiger partial charge in [0.1, 0.15) is 0 Å². The lowest BCUT2D eigenvalue weighted by molar-refractivity contribution is -0.136. The van der Waals surface area contributed by atoms with Crippen molar-refractivity contribution < 1.29 is 9.90 Å². The molecule has 0 radical (unpaired) electrons. The largest absolute Gasteiger partial charge is 0.481 e. The van der Waals surface area contributed by atoms with Crippen LogP contribution in [0.3, 0.4) is 0 Å². The minimum atomic E-state index is -0.747. The van der Waals surface area contributed by atoms with Crippen molar-refractivity contribution in [3.8, 4) is 0 Å². The predicted octanol–water partition coefficient (Wildman–Crippen LogP) is 2.38. The fourth-order valence-electron chi connectivity index (χ4n) is 1.78. The van der Waals surface area contributed by atoms with E-state index in [0.717, 1.165) is 12.8 Å². The van der Waals surface area contributed by atoms with Gasteiger partial charge in [-0.2, -0.15) is 0 Å².